The Morgan fingerprint density at radius 1 is 1.00 bits per heavy atom. The van der Waals surface area contributed by atoms with Crippen molar-refractivity contribution >= 4 is 23.5 Å². The predicted octanol–water partition coefficient (Wildman–Crippen LogP) is 5.01. The Kier molecular flexibility index (Phi) is 4.91. The summed E-state index contributed by atoms with van der Waals surface area (Å²) in [6.07, 6.45) is 4.94. The van der Waals surface area contributed by atoms with Crippen molar-refractivity contribution in [3.63, 3.8) is 0 Å². The summed E-state index contributed by atoms with van der Waals surface area (Å²) < 4.78 is 0. The van der Waals surface area contributed by atoms with E-state index in [1.54, 1.807) is 12.1 Å². The van der Waals surface area contributed by atoms with Gasteiger partial charge in [-0.25, -0.2) is 0 Å². The van der Waals surface area contributed by atoms with Gasteiger partial charge >= 0.3 is 0 Å². The zero-order valence-corrected chi connectivity index (χ0v) is 12.0. The third-order valence-electron chi connectivity index (χ3n) is 2.80. The normalized spacial score (nSPS) is 11.8. The molecule has 0 radical (unpaired) electrons. The number of rotatable bonds is 4. The molecule has 0 heterocycles. The molecule has 0 aliphatic carbocycles. The van der Waals surface area contributed by atoms with Gasteiger partial charge < -0.3 is 0 Å². The van der Waals surface area contributed by atoms with Crippen LogP contribution in [0.1, 0.15) is 21.5 Å². The molecule has 2 aromatic rings. The Morgan fingerprint density at radius 2 is 1.75 bits per heavy atom. The van der Waals surface area contributed by atoms with Crippen LogP contribution in [0.15, 0.2) is 71.8 Å². The molecule has 0 bridgehead atoms. The van der Waals surface area contributed by atoms with Gasteiger partial charge in [0.25, 0.3) is 0 Å². The molecule has 2 heteroatoms. The van der Waals surface area contributed by atoms with Crippen molar-refractivity contribution in [2.45, 2.75) is 6.92 Å². The molecule has 0 saturated heterocycles. The SMILES string of the molecule is Cc1cccc(C(=O)/C=C/C(Cl)=C/c2ccccc2)c1. The lowest BCUT2D eigenvalue weighted by Gasteiger charge is -1.97. The molecule has 0 saturated carbocycles. The number of allylic oxidation sites excluding steroid dienone is 3. The van der Waals surface area contributed by atoms with Crippen LogP contribution in [0.5, 0.6) is 0 Å². The van der Waals surface area contributed by atoms with Crippen molar-refractivity contribution in [1.29, 1.82) is 0 Å². The van der Waals surface area contributed by atoms with Crippen LogP contribution in [0.25, 0.3) is 6.08 Å². The highest BCUT2D eigenvalue weighted by Crippen LogP contribution is 2.12. The van der Waals surface area contributed by atoms with Crippen molar-refractivity contribution < 1.29 is 4.79 Å². The lowest BCUT2D eigenvalue weighted by molar-refractivity contribution is 0.104. The van der Waals surface area contributed by atoms with Gasteiger partial charge in [0.2, 0.25) is 0 Å². The molecule has 0 aliphatic heterocycles. The van der Waals surface area contributed by atoms with Crippen molar-refractivity contribution in [3.05, 3.63) is 88.5 Å². The fourth-order valence-corrected chi connectivity index (χ4v) is 2.00. The number of ketones is 1. The van der Waals surface area contributed by atoms with Gasteiger partial charge in [-0.05, 0) is 36.8 Å². The van der Waals surface area contributed by atoms with Crippen LogP contribution in [-0.4, -0.2) is 5.78 Å². The maximum atomic E-state index is 12.0. The minimum Gasteiger partial charge on any atom is -0.289 e. The van der Waals surface area contributed by atoms with Gasteiger partial charge in [-0.2, -0.15) is 0 Å². The number of carbonyl (C=O) groups excluding carboxylic acids is 1. The van der Waals surface area contributed by atoms with Crippen LogP contribution in [0.2, 0.25) is 0 Å². The second-order valence-corrected chi connectivity index (χ2v) is 4.94. The maximum Gasteiger partial charge on any atom is 0.185 e. The molecule has 2 aromatic carbocycles. The van der Waals surface area contributed by atoms with Crippen LogP contribution in [-0.2, 0) is 0 Å². The van der Waals surface area contributed by atoms with Gasteiger partial charge in [0.1, 0.15) is 0 Å². The molecule has 0 spiro atoms. The smallest absolute Gasteiger partial charge is 0.185 e. The molecule has 0 atom stereocenters. The van der Waals surface area contributed by atoms with Crippen molar-refractivity contribution in [3.8, 4) is 0 Å². The zero-order chi connectivity index (χ0) is 14.4. The molecule has 20 heavy (non-hydrogen) atoms. The first-order valence-corrected chi connectivity index (χ1v) is 6.74. The molecule has 0 amide bonds. The van der Waals surface area contributed by atoms with E-state index in [0.717, 1.165) is 11.1 Å². The van der Waals surface area contributed by atoms with Gasteiger partial charge in [-0.15, -0.1) is 0 Å². The van der Waals surface area contributed by atoms with Gasteiger partial charge in [0.05, 0.1) is 0 Å². The molecule has 0 aromatic heterocycles. The number of benzene rings is 2. The lowest BCUT2D eigenvalue weighted by atomic mass is 10.1. The Bertz CT molecular complexity index is 654. The first-order valence-electron chi connectivity index (χ1n) is 6.36. The van der Waals surface area contributed by atoms with E-state index in [4.69, 9.17) is 11.6 Å². The van der Waals surface area contributed by atoms with Crippen molar-refractivity contribution in [2.75, 3.05) is 0 Å². The summed E-state index contributed by atoms with van der Waals surface area (Å²) >= 11 is 6.10. The number of carbonyl (C=O) groups is 1. The largest absolute Gasteiger partial charge is 0.289 e. The Labute approximate surface area is 124 Å². The average molecular weight is 283 g/mol. The third-order valence-corrected chi connectivity index (χ3v) is 3.04. The number of hydrogen-bond acceptors (Lipinski definition) is 1. The van der Waals surface area contributed by atoms with Gasteiger partial charge in [0, 0.05) is 10.6 Å². The summed E-state index contributed by atoms with van der Waals surface area (Å²) in [5, 5.41) is 0.525. The molecule has 1 nitrogen and oxygen atoms in total. The first-order chi connectivity index (χ1) is 9.65. The maximum absolute atomic E-state index is 12.0. The Balaban J connectivity index is 2.09. The minimum absolute atomic E-state index is 0.0479. The summed E-state index contributed by atoms with van der Waals surface area (Å²) in [7, 11) is 0. The van der Waals surface area contributed by atoms with E-state index in [1.165, 1.54) is 6.08 Å². The van der Waals surface area contributed by atoms with Crippen LogP contribution in [0.3, 0.4) is 0 Å². The second kappa shape index (κ2) is 6.88. The first kappa shape index (κ1) is 14.3. The third kappa shape index (κ3) is 4.22. The molecular formula is C18H15ClO. The second-order valence-electron chi connectivity index (χ2n) is 4.51. The van der Waals surface area contributed by atoms with Crippen LogP contribution >= 0.6 is 11.6 Å². The predicted molar refractivity (Wildman–Crippen MR) is 84.9 cm³/mol. The van der Waals surface area contributed by atoms with Crippen LogP contribution < -0.4 is 0 Å². The van der Waals surface area contributed by atoms with E-state index < -0.39 is 0 Å². The quantitative estimate of drug-likeness (QED) is 0.437. The summed E-state index contributed by atoms with van der Waals surface area (Å²) in [5.41, 5.74) is 2.74. The van der Waals surface area contributed by atoms with E-state index in [9.17, 15) is 4.79 Å². The van der Waals surface area contributed by atoms with Crippen molar-refractivity contribution in [1.82, 2.24) is 0 Å². The average Bonchev–Trinajstić information content (AvgIpc) is 2.46. The highest BCUT2D eigenvalue weighted by atomic mass is 35.5. The Hall–Kier alpha value is -2.12. The molecule has 0 unspecified atom stereocenters. The minimum atomic E-state index is -0.0479. The fraction of sp³-hybridized carbons (Fsp3) is 0.0556. The van der Waals surface area contributed by atoms with Crippen LogP contribution in [0, 0.1) is 6.92 Å². The monoisotopic (exact) mass is 282 g/mol. The molecule has 0 N–H and O–H groups in total. The Morgan fingerprint density at radius 3 is 2.45 bits per heavy atom. The van der Waals surface area contributed by atoms with Crippen molar-refractivity contribution in [2.24, 2.45) is 0 Å². The van der Waals surface area contributed by atoms with E-state index in [-0.39, 0.29) is 5.78 Å². The van der Waals surface area contributed by atoms with E-state index in [2.05, 4.69) is 0 Å². The van der Waals surface area contributed by atoms with Gasteiger partial charge in [-0.1, -0.05) is 65.7 Å². The molecule has 0 fully saturated rings. The van der Waals surface area contributed by atoms with E-state index in [0.29, 0.717) is 10.6 Å². The van der Waals surface area contributed by atoms with Gasteiger partial charge in [-0.3, -0.25) is 4.79 Å². The number of aryl methyl sites for hydroxylation is 1. The standard InChI is InChI=1S/C18H15ClO/c1-14-6-5-9-16(12-14)18(20)11-10-17(19)13-15-7-3-2-4-8-15/h2-13H,1H3/b11-10+,17-13-. The summed E-state index contributed by atoms with van der Waals surface area (Å²) in [6, 6.07) is 17.2. The van der Waals surface area contributed by atoms with Crippen LogP contribution in [0.4, 0.5) is 0 Å². The van der Waals surface area contributed by atoms with E-state index >= 15 is 0 Å². The summed E-state index contributed by atoms with van der Waals surface area (Å²) in [5.74, 6) is -0.0479. The molecular weight excluding hydrogens is 268 g/mol. The zero-order valence-electron chi connectivity index (χ0n) is 11.2. The van der Waals surface area contributed by atoms with Gasteiger partial charge in [0.15, 0.2) is 5.78 Å². The highest BCUT2D eigenvalue weighted by molar-refractivity contribution is 6.33. The summed E-state index contributed by atoms with van der Waals surface area (Å²) in [6.45, 7) is 1.96. The summed E-state index contributed by atoms with van der Waals surface area (Å²) in [4.78, 5) is 12.0. The molecule has 0 aliphatic rings. The number of hydrogen-bond donors (Lipinski definition) is 0. The molecule has 100 valence electrons. The number of halogens is 1. The topological polar surface area (TPSA) is 17.1 Å². The lowest BCUT2D eigenvalue weighted by Crippen LogP contribution is -1.94. The molecule has 2 rings (SSSR count). The highest BCUT2D eigenvalue weighted by Gasteiger charge is 2.01. The fourth-order valence-electron chi connectivity index (χ4n) is 1.81. The van der Waals surface area contributed by atoms with E-state index in [1.807, 2.05) is 61.5 Å².